The zero-order valence-electron chi connectivity index (χ0n) is 20.6. The van der Waals surface area contributed by atoms with Crippen LogP contribution in [0.25, 0.3) is 22.3 Å². The molecule has 5 rings (SSSR count). The Labute approximate surface area is 225 Å². The molecule has 2 aromatic carbocycles. The molecule has 2 aliphatic heterocycles. The molecule has 2 aliphatic rings. The highest BCUT2D eigenvalue weighted by molar-refractivity contribution is 5.88. The number of ether oxygens (including phenoxy) is 3. The summed E-state index contributed by atoms with van der Waals surface area (Å²) in [4.78, 5) is 13.2. The number of phenols is 2. The minimum absolute atomic E-state index is 0.0252. The lowest BCUT2D eigenvalue weighted by atomic mass is 9.89. The standard InChI is InChI=1S/C26H28O14/c27-7-16-20(32)22(34)23(35)25(39-16)18-15(40-26-24(36)19(31)12(30)8-37-26)6-14-17(21(18)33)11(29)5-13(38-14)9-1-3-10(28)4-2-9/h1-6,12,16,19-20,22-28,30-36H,7-8H2. The predicted octanol–water partition coefficient (Wildman–Crippen LogP) is -1.80. The lowest BCUT2D eigenvalue weighted by molar-refractivity contribution is -0.245. The van der Waals surface area contributed by atoms with Gasteiger partial charge in [0.2, 0.25) is 6.29 Å². The molecule has 0 bridgehead atoms. The zero-order valence-corrected chi connectivity index (χ0v) is 20.6. The van der Waals surface area contributed by atoms with E-state index in [2.05, 4.69) is 0 Å². The second-order valence-electron chi connectivity index (χ2n) is 9.65. The van der Waals surface area contributed by atoms with Gasteiger partial charge >= 0.3 is 0 Å². The van der Waals surface area contributed by atoms with Gasteiger partial charge in [0.1, 0.15) is 82.8 Å². The largest absolute Gasteiger partial charge is 0.508 e. The highest BCUT2D eigenvalue weighted by atomic mass is 16.7. The molecule has 14 heteroatoms. The van der Waals surface area contributed by atoms with Crippen LogP contribution in [0.3, 0.4) is 0 Å². The predicted molar refractivity (Wildman–Crippen MR) is 132 cm³/mol. The fourth-order valence-electron chi connectivity index (χ4n) is 4.78. The quantitative estimate of drug-likeness (QED) is 0.166. The third-order valence-corrected chi connectivity index (χ3v) is 7.02. The molecule has 216 valence electrons. The van der Waals surface area contributed by atoms with E-state index in [4.69, 9.17) is 18.6 Å². The number of hydrogen-bond donors (Lipinski definition) is 9. The van der Waals surface area contributed by atoms with Gasteiger partial charge in [-0.3, -0.25) is 4.79 Å². The Balaban J connectivity index is 1.68. The second kappa shape index (κ2) is 10.9. The molecule has 9 N–H and O–H groups in total. The molecule has 14 nitrogen and oxygen atoms in total. The molecule has 40 heavy (non-hydrogen) atoms. The third-order valence-electron chi connectivity index (χ3n) is 7.02. The number of aliphatic hydroxyl groups excluding tert-OH is 7. The summed E-state index contributed by atoms with van der Waals surface area (Å²) in [7, 11) is 0. The van der Waals surface area contributed by atoms with E-state index in [1.54, 1.807) is 0 Å². The smallest absolute Gasteiger partial charge is 0.228 e. The van der Waals surface area contributed by atoms with Crippen molar-refractivity contribution in [3.63, 3.8) is 0 Å². The summed E-state index contributed by atoms with van der Waals surface area (Å²) < 4.78 is 22.5. The Hall–Kier alpha value is -3.31. The first-order valence-corrected chi connectivity index (χ1v) is 12.3. The third kappa shape index (κ3) is 4.89. The number of aromatic hydroxyl groups is 2. The summed E-state index contributed by atoms with van der Waals surface area (Å²) in [5.41, 5.74) is -0.959. The van der Waals surface area contributed by atoms with E-state index >= 15 is 0 Å². The first kappa shape index (κ1) is 28.2. The van der Waals surface area contributed by atoms with E-state index < -0.39 is 85.1 Å². The lowest BCUT2D eigenvalue weighted by Gasteiger charge is -2.41. The molecule has 0 aliphatic carbocycles. The molecule has 3 aromatic rings. The van der Waals surface area contributed by atoms with E-state index in [0.717, 1.165) is 12.1 Å². The van der Waals surface area contributed by atoms with Crippen molar-refractivity contribution in [2.45, 2.75) is 55.1 Å². The molecule has 2 saturated heterocycles. The van der Waals surface area contributed by atoms with Crippen LogP contribution >= 0.6 is 0 Å². The maximum atomic E-state index is 13.2. The Kier molecular flexibility index (Phi) is 7.71. The summed E-state index contributed by atoms with van der Waals surface area (Å²) in [5.74, 6) is -1.15. The van der Waals surface area contributed by atoms with Crippen LogP contribution in [0.5, 0.6) is 17.2 Å². The molecule has 3 heterocycles. The van der Waals surface area contributed by atoms with Gasteiger partial charge in [-0.25, -0.2) is 0 Å². The van der Waals surface area contributed by atoms with Crippen LogP contribution < -0.4 is 10.2 Å². The van der Waals surface area contributed by atoms with Crippen LogP contribution in [0.4, 0.5) is 0 Å². The maximum absolute atomic E-state index is 13.2. The van der Waals surface area contributed by atoms with Crippen LogP contribution in [-0.2, 0) is 9.47 Å². The van der Waals surface area contributed by atoms with Crippen LogP contribution in [-0.4, -0.2) is 108 Å². The number of phenolic OH excluding ortho intramolecular Hbond substituents is 2. The molecule has 9 atom stereocenters. The number of fused-ring (bicyclic) bond motifs is 1. The number of aliphatic hydroxyl groups is 7. The average Bonchev–Trinajstić information content (AvgIpc) is 2.93. The molecule has 0 amide bonds. The van der Waals surface area contributed by atoms with Crippen molar-refractivity contribution in [1.82, 2.24) is 0 Å². The topological polar surface area (TPSA) is 240 Å². The fourth-order valence-corrected chi connectivity index (χ4v) is 4.78. The molecule has 0 radical (unpaired) electrons. The summed E-state index contributed by atoms with van der Waals surface area (Å²) >= 11 is 0. The highest BCUT2D eigenvalue weighted by Gasteiger charge is 2.47. The summed E-state index contributed by atoms with van der Waals surface area (Å²) in [6.45, 7) is -1.21. The van der Waals surface area contributed by atoms with Crippen molar-refractivity contribution in [1.29, 1.82) is 0 Å². The molecule has 2 fully saturated rings. The van der Waals surface area contributed by atoms with Crippen LogP contribution in [0.2, 0.25) is 0 Å². The van der Waals surface area contributed by atoms with Crippen LogP contribution in [0.1, 0.15) is 11.7 Å². The Morgan fingerprint density at radius 2 is 1.57 bits per heavy atom. The van der Waals surface area contributed by atoms with E-state index in [1.165, 1.54) is 24.3 Å². The van der Waals surface area contributed by atoms with Gasteiger partial charge < -0.3 is 64.6 Å². The van der Waals surface area contributed by atoms with E-state index in [9.17, 15) is 50.8 Å². The zero-order chi connectivity index (χ0) is 28.9. The minimum Gasteiger partial charge on any atom is -0.508 e. The molecule has 0 saturated carbocycles. The average molecular weight is 564 g/mol. The van der Waals surface area contributed by atoms with E-state index in [0.29, 0.717) is 5.56 Å². The van der Waals surface area contributed by atoms with Gasteiger partial charge in [-0.15, -0.1) is 0 Å². The van der Waals surface area contributed by atoms with Gasteiger partial charge in [-0.1, -0.05) is 0 Å². The highest BCUT2D eigenvalue weighted by Crippen LogP contribution is 2.46. The van der Waals surface area contributed by atoms with Crippen LogP contribution in [0.15, 0.2) is 45.6 Å². The van der Waals surface area contributed by atoms with Gasteiger partial charge in [0.25, 0.3) is 0 Å². The Morgan fingerprint density at radius 3 is 2.25 bits per heavy atom. The van der Waals surface area contributed by atoms with Crippen molar-refractivity contribution in [2.75, 3.05) is 13.2 Å². The summed E-state index contributed by atoms with van der Waals surface area (Å²) in [6.07, 6.45) is -15.0. The van der Waals surface area contributed by atoms with Crippen LogP contribution in [0, 0.1) is 0 Å². The maximum Gasteiger partial charge on any atom is 0.228 e. The molecular formula is C26H28O14. The van der Waals surface area contributed by atoms with Gasteiger partial charge in [0.15, 0.2) is 5.43 Å². The Bertz CT molecular complexity index is 1420. The van der Waals surface area contributed by atoms with E-state index in [-0.39, 0.29) is 28.2 Å². The van der Waals surface area contributed by atoms with Gasteiger partial charge in [-0.2, -0.15) is 0 Å². The van der Waals surface area contributed by atoms with Gasteiger partial charge in [-0.05, 0) is 24.3 Å². The normalized spacial score (nSPS) is 32.7. The van der Waals surface area contributed by atoms with Crippen molar-refractivity contribution in [2.24, 2.45) is 0 Å². The van der Waals surface area contributed by atoms with Crippen molar-refractivity contribution < 1.29 is 64.6 Å². The van der Waals surface area contributed by atoms with Crippen molar-refractivity contribution >= 4 is 11.0 Å². The number of benzene rings is 2. The molecular weight excluding hydrogens is 536 g/mol. The molecule has 1 aromatic heterocycles. The summed E-state index contributed by atoms with van der Waals surface area (Å²) in [5, 5.41) is 91.8. The van der Waals surface area contributed by atoms with Crippen molar-refractivity contribution in [3.05, 3.63) is 52.2 Å². The van der Waals surface area contributed by atoms with E-state index in [1.807, 2.05) is 0 Å². The Morgan fingerprint density at radius 1 is 0.875 bits per heavy atom. The molecule has 0 spiro atoms. The lowest BCUT2D eigenvalue weighted by Crippen LogP contribution is -2.56. The number of rotatable bonds is 5. The SMILES string of the molecule is O=c1cc(-c2ccc(O)cc2)oc2cc(OC3OCC(O)C(O)C3O)c(C3OC(CO)C(O)C(O)C3O)c(O)c12. The number of hydrogen-bond acceptors (Lipinski definition) is 14. The monoisotopic (exact) mass is 564 g/mol. The molecule has 9 unspecified atom stereocenters. The minimum atomic E-state index is -1.89. The van der Waals surface area contributed by atoms with Gasteiger partial charge in [0.05, 0.1) is 18.8 Å². The van der Waals surface area contributed by atoms with Crippen molar-refractivity contribution in [3.8, 4) is 28.6 Å². The van der Waals surface area contributed by atoms with Gasteiger partial charge in [0, 0.05) is 17.7 Å². The first-order valence-electron chi connectivity index (χ1n) is 12.3. The summed E-state index contributed by atoms with van der Waals surface area (Å²) in [6, 6.07) is 7.92. The second-order valence-corrected chi connectivity index (χ2v) is 9.65. The fraction of sp³-hybridized carbons (Fsp3) is 0.423. The first-order chi connectivity index (χ1) is 19.0.